The molecule has 2 unspecified atom stereocenters. The molecule has 2 amide bonds. The summed E-state index contributed by atoms with van der Waals surface area (Å²) in [6.45, 7) is 3.21. The second kappa shape index (κ2) is 2.27. The fourth-order valence-corrected chi connectivity index (χ4v) is 1.46. The summed E-state index contributed by atoms with van der Waals surface area (Å²) < 4.78 is 6.47. The van der Waals surface area contributed by atoms with Gasteiger partial charge in [0.25, 0.3) is 5.24 Å². The lowest BCUT2D eigenvalue weighted by Crippen LogP contribution is -2.32. The molecule has 1 N–H and O–H groups in total. The van der Waals surface area contributed by atoms with Gasteiger partial charge in [-0.2, -0.15) is 0 Å². The Balaban J connectivity index is 2.87. The van der Waals surface area contributed by atoms with Gasteiger partial charge in [0.15, 0.2) is 0 Å². The molecule has 1 heterocycles. The number of imide groups is 1. The number of carbonyl (C=O) groups is 2. The van der Waals surface area contributed by atoms with Crippen molar-refractivity contribution < 1.29 is 11.0 Å². The van der Waals surface area contributed by atoms with Crippen molar-refractivity contribution in [1.82, 2.24) is 5.32 Å². The summed E-state index contributed by atoms with van der Waals surface area (Å²) in [5, 5.41) is 1.80. The van der Waals surface area contributed by atoms with Crippen LogP contribution in [0.3, 0.4) is 0 Å². The molecular formula is C6H9NO2S. The largest absolute Gasteiger partial charge is 0.286 e. The van der Waals surface area contributed by atoms with Crippen molar-refractivity contribution >= 4 is 22.9 Å². The van der Waals surface area contributed by atoms with Gasteiger partial charge >= 0.3 is 0 Å². The van der Waals surface area contributed by atoms with Gasteiger partial charge in [-0.15, -0.1) is 0 Å². The molecule has 0 saturated carbocycles. The monoisotopic (exact) mass is 160 g/mol. The molecule has 1 rings (SSSR count). The van der Waals surface area contributed by atoms with Crippen LogP contribution in [0.15, 0.2) is 0 Å². The Hall–Kier alpha value is -0.510. The molecule has 0 bridgehead atoms. The summed E-state index contributed by atoms with van der Waals surface area (Å²) >= 11 is 0.897. The van der Waals surface area contributed by atoms with Crippen LogP contribution in [0.2, 0.25) is 0 Å². The van der Waals surface area contributed by atoms with E-state index in [2.05, 4.69) is 5.32 Å². The average Bonchev–Trinajstić information content (AvgIpc) is 2.08. The third kappa shape index (κ3) is 1.03. The first-order valence-corrected chi connectivity index (χ1v) is 3.75. The van der Waals surface area contributed by atoms with Crippen LogP contribution in [0.25, 0.3) is 0 Å². The highest BCUT2D eigenvalue weighted by molar-refractivity contribution is 8.16. The molecule has 10 heavy (non-hydrogen) atoms. The van der Waals surface area contributed by atoms with E-state index in [-0.39, 0.29) is 11.1 Å². The van der Waals surface area contributed by atoms with Crippen LogP contribution < -0.4 is 5.32 Å². The van der Waals surface area contributed by atoms with Crippen molar-refractivity contribution in [1.29, 1.82) is 0 Å². The van der Waals surface area contributed by atoms with E-state index in [1.165, 1.54) is 0 Å². The maximum Gasteiger partial charge on any atom is 0.286 e. The van der Waals surface area contributed by atoms with Crippen LogP contribution in [0.1, 0.15) is 21.6 Å². The lowest BCUT2D eigenvalue weighted by molar-refractivity contribution is -0.121. The molecule has 2 atom stereocenters. The SMILES string of the molecule is [2H]C(C)C1(C)SC(=O)NC1=O. The van der Waals surface area contributed by atoms with Gasteiger partial charge < -0.3 is 0 Å². The second-order valence-electron chi connectivity index (χ2n) is 2.24. The van der Waals surface area contributed by atoms with Crippen molar-refractivity contribution in [2.45, 2.75) is 25.0 Å². The fourth-order valence-electron chi connectivity index (χ4n) is 0.671. The minimum absolute atomic E-state index is 0.350. The number of hydrogen-bond acceptors (Lipinski definition) is 3. The van der Waals surface area contributed by atoms with Crippen LogP contribution in [0, 0.1) is 0 Å². The Morgan fingerprint density at radius 1 is 1.80 bits per heavy atom. The van der Waals surface area contributed by atoms with Gasteiger partial charge in [0.05, 0.1) is 0 Å². The normalized spacial score (nSPS) is 37.2. The first-order valence-electron chi connectivity index (χ1n) is 3.51. The van der Waals surface area contributed by atoms with E-state index >= 15 is 0 Å². The number of thioether (sulfide) groups is 1. The summed E-state index contributed by atoms with van der Waals surface area (Å²) in [4.78, 5) is 21.8. The molecule has 4 heteroatoms. The van der Waals surface area contributed by atoms with Crippen molar-refractivity contribution in [3.63, 3.8) is 0 Å². The van der Waals surface area contributed by atoms with E-state index in [1.807, 2.05) is 0 Å². The fraction of sp³-hybridized carbons (Fsp3) is 0.667. The van der Waals surface area contributed by atoms with E-state index in [9.17, 15) is 9.59 Å². The lowest BCUT2D eigenvalue weighted by Gasteiger charge is -2.13. The van der Waals surface area contributed by atoms with E-state index in [4.69, 9.17) is 1.37 Å². The Bertz CT molecular complexity index is 219. The Kier molecular flexibility index (Phi) is 1.41. The minimum atomic E-state index is -0.892. The summed E-state index contributed by atoms with van der Waals surface area (Å²) in [6, 6.07) is 0. The maximum atomic E-state index is 11.1. The third-order valence-corrected chi connectivity index (χ3v) is 2.65. The van der Waals surface area contributed by atoms with E-state index < -0.39 is 11.1 Å². The summed E-state index contributed by atoms with van der Waals surface area (Å²) in [6.07, 6.45) is -0.570. The van der Waals surface area contributed by atoms with Crippen molar-refractivity contribution in [3.8, 4) is 0 Å². The Morgan fingerprint density at radius 3 is 2.60 bits per heavy atom. The van der Waals surface area contributed by atoms with E-state index in [0.29, 0.717) is 0 Å². The molecule has 0 aliphatic carbocycles. The van der Waals surface area contributed by atoms with Crippen LogP contribution in [-0.4, -0.2) is 15.9 Å². The van der Waals surface area contributed by atoms with Gasteiger partial charge in [-0.3, -0.25) is 14.9 Å². The Labute approximate surface area is 65.0 Å². The van der Waals surface area contributed by atoms with Crippen molar-refractivity contribution in [3.05, 3.63) is 0 Å². The minimum Gasteiger partial charge on any atom is -0.286 e. The second-order valence-corrected chi connectivity index (χ2v) is 3.66. The maximum absolute atomic E-state index is 11.1. The van der Waals surface area contributed by atoms with Crippen molar-refractivity contribution in [2.75, 3.05) is 0 Å². The summed E-state index contributed by atoms with van der Waals surface area (Å²) in [5.74, 6) is -0.352. The van der Waals surface area contributed by atoms with Crippen molar-refractivity contribution in [2.24, 2.45) is 0 Å². The van der Waals surface area contributed by atoms with Gasteiger partial charge in [-0.25, -0.2) is 0 Å². The zero-order valence-corrected chi connectivity index (χ0v) is 6.62. The predicted octanol–water partition coefficient (Wildman–Crippen LogP) is 1.14. The van der Waals surface area contributed by atoms with Gasteiger partial charge in [-0.05, 0) is 25.1 Å². The molecule has 3 nitrogen and oxygen atoms in total. The number of carbonyl (C=O) groups excluding carboxylic acids is 2. The predicted molar refractivity (Wildman–Crippen MR) is 39.8 cm³/mol. The highest BCUT2D eigenvalue weighted by Crippen LogP contribution is 2.33. The van der Waals surface area contributed by atoms with Gasteiger partial charge in [0.1, 0.15) is 4.75 Å². The van der Waals surface area contributed by atoms with E-state index in [1.54, 1.807) is 13.8 Å². The lowest BCUT2D eigenvalue weighted by atomic mass is 10.1. The van der Waals surface area contributed by atoms with Gasteiger partial charge in [-0.1, -0.05) is 6.92 Å². The van der Waals surface area contributed by atoms with Gasteiger partial charge in [0, 0.05) is 1.37 Å². The molecule has 0 aromatic heterocycles. The number of nitrogens with one attached hydrogen (secondary N) is 1. The molecule has 56 valence electrons. The summed E-state index contributed by atoms with van der Waals surface area (Å²) in [7, 11) is 0. The highest BCUT2D eigenvalue weighted by Gasteiger charge is 2.41. The highest BCUT2D eigenvalue weighted by atomic mass is 32.2. The molecule has 1 aliphatic heterocycles. The van der Waals surface area contributed by atoms with Crippen LogP contribution in [-0.2, 0) is 4.79 Å². The molecule has 1 saturated heterocycles. The van der Waals surface area contributed by atoms with Crippen LogP contribution in [0.5, 0.6) is 0 Å². The first kappa shape index (κ1) is 6.22. The van der Waals surface area contributed by atoms with Crippen LogP contribution >= 0.6 is 11.8 Å². The topological polar surface area (TPSA) is 46.2 Å². The standard InChI is InChI=1S/C6H9NO2S/c1-3-6(2)4(8)7-5(9)10-6/h3H2,1-2H3,(H,7,8,9)/i3D. The molecule has 0 spiro atoms. The average molecular weight is 160 g/mol. The van der Waals surface area contributed by atoms with Gasteiger partial charge in [0.2, 0.25) is 5.91 Å². The van der Waals surface area contributed by atoms with Crippen LogP contribution in [0.4, 0.5) is 4.79 Å². The number of rotatable bonds is 1. The smallest absolute Gasteiger partial charge is 0.286 e. The zero-order chi connectivity index (χ0) is 8.65. The summed E-state index contributed by atoms with van der Waals surface area (Å²) in [5.41, 5.74) is 0. The molecule has 0 radical (unpaired) electrons. The molecule has 0 aromatic carbocycles. The zero-order valence-electron chi connectivity index (χ0n) is 6.80. The molecule has 1 fully saturated rings. The third-order valence-electron chi connectivity index (χ3n) is 1.52. The van der Waals surface area contributed by atoms with E-state index in [0.717, 1.165) is 11.8 Å². The first-order chi connectivity index (χ1) is 4.97. The quantitative estimate of drug-likeness (QED) is 0.625. The molecular weight excluding hydrogens is 150 g/mol. The molecule has 0 aromatic rings. The number of amides is 2. The Morgan fingerprint density at radius 2 is 2.40 bits per heavy atom. The number of hydrogen-bond donors (Lipinski definition) is 1. The molecule has 1 aliphatic rings.